The second-order valence-corrected chi connectivity index (χ2v) is 9.81. The Labute approximate surface area is 235 Å². The number of nitrogens with one attached hydrogen (secondary N) is 3. The highest BCUT2D eigenvalue weighted by Crippen LogP contribution is 2.12. The summed E-state index contributed by atoms with van der Waals surface area (Å²) in [7, 11) is 0. The number of aromatic hydroxyl groups is 1. The Balaban J connectivity index is 3.12. The van der Waals surface area contributed by atoms with Gasteiger partial charge in [-0.3, -0.25) is 24.2 Å². The van der Waals surface area contributed by atoms with Crippen molar-refractivity contribution in [2.45, 2.75) is 56.3 Å². The van der Waals surface area contributed by atoms with E-state index >= 15 is 0 Å². The van der Waals surface area contributed by atoms with Crippen LogP contribution in [0.3, 0.4) is 0 Å². The number of benzene rings is 1. The highest BCUT2D eigenvalue weighted by atomic mass is 32.2. The summed E-state index contributed by atoms with van der Waals surface area (Å²) in [5.74, 6) is -4.94. The Hall–Kier alpha value is -4.05. The molecule has 222 valence electrons. The van der Waals surface area contributed by atoms with E-state index in [1.165, 1.54) is 36.0 Å². The van der Waals surface area contributed by atoms with Crippen LogP contribution in [0.5, 0.6) is 5.75 Å². The van der Waals surface area contributed by atoms with Gasteiger partial charge in [0.15, 0.2) is 5.96 Å². The van der Waals surface area contributed by atoms with Crippen molar-refractivity contribution < 1.29 is 39.3 Å². The summed E-state index contributed by atoms with van der Waals surface area (Å²) in [5.41, 5.74) is 16.8. The largest absolute Gasteiger partial charge is 0.508 e. The summed E-state index contributed by atoms with van der Waals surface area (Å²) in [6.07, 6.45) is 1.39. The molecule has 40 heavy (non-hydrogen) atoms. The predicted molar refractivity (Wildman–Crippen MR) is 148 cm³/mol. The normalized spacial score (nSPS) is 13.7. The van der Waals surface area contributed by atoms with Gasteiger partial charge in [-0.05, 0) is 49.0 Å². The molecule has 0 saturated carbocycles. The molecule has 0 aromatic heterocycles. The molecule has 0 fully saturated rings. The topological polar surface area (TPSA) is 273 Å². The number of carboxylic acids is 2. The van der Waals surface area contributed by atoms with Crippen LogP contribution in [0, 0.1) is 0 Å². The first-order valence-electron chi connectivity index (χ1n) is 12.3. The Morgan fingerprint density at radius 3 is 2.02 bits per heavy atom. The number of carboxylic acid groups (broad SMARTS) is 2. The van der Waals surface area contributed by atoms with Gasteiger partial charge in [0.1, 0.15) is 23.9 Å². The van der Waals surface area contributed by atoms with E-state index in [-0.39, 0.29) is 37.5 Å². The molecule has 0 aliphatic heterocycles. The molecule has 0 saturated heterocycles. The number of guanidine groups is 1. The lowest BCUT2D eigenvalue weighted by molar-refractivity contribution is -0.143. The van der Waals surface area contributed by atoms with Crippen molar-refractivity contribution in [2.24, 2.45) is 22.2 Å². The molecule has 0 bridgehead atoms. The fourth-order valence-corrected chi connectivity index (χ4v) is 3.91. The van der Waals surface area contributed by atoms with E-state index in [4.69, 9.17) is 17.2 Å². The first-order valence-corrected chi connectivity index (χ1v) is 13.7. The number of nitrogens with two attached hydrogens (primary N) is 3. The molecular weight excluding hydrogens is 546 g/mol. The number of phenols is 1. The van der Waals surface area contributed by atoms with Crippen LogP contribution in [0.1, 0.15) is 31.2 Å². The number of carbonyl (C=O) groups excluding carboxylic acids is 3. The Kier molecular flexibility index (Phi) is 14.9. The zero-order chi connectivity index (χ0) is 30.2. The monoisotopic (exact) mass is 583 g/mol. The third kappa shape index (κ3) is 13.1. The van der Waals surface area contributed by atoms with E-state index in [1.807, 2.05) is 6.26 Å². The molecule has 0 spiro atoms. The fourth-order valence-electron chi connectivity index (χ4n) is 3.42. The van der Waals surface area contributed by atoms with Gasteiger partial charge in [-0.15, -0.1) is 0 Å². The van der Waals surface area contributed by atoms with Crippen molar-refractivity contribution in [3.8, 4) is 5.75 Å². The zero-order valence-corrected chi connectivity index (χ0v) is 22.9. The van der Waals surface area contributed by atoms with E-state index in [2.05, 4.69) is 20.9 Å². The molecule has 0 radical (unpaired) electrons. The number of aliphatic carboxylic acids is 2. The number of nitrogens with zero attached hydrogens (tertiary/aromatic N) is 1. The molecular formula is C24H37N7O8S. The maximum Gasteiger partial charge on any atom is 0.326 e. The van der Waals surface area contributed by atoms with Crippen LogP contribution in [-0.4, -0.2) is 93.7 Å². The molecule has 0 aliphatic carbocycles. The van der Waals surface area contributed by atoms with Crippen LogP contribution < -0.4 is 33.2 Å². The molecule has 1 aromatic carbocycles. The summed E-state index contributed by atoms with van der Waals surface area (Å²) in [4.78, 5) is 65.7. The van der Waals surface area contributed by atoms with Crippen molar-refractivity contribution in [3.63, 3.8) is 0 Å². The lowest BCUT2D eigenvalue weighted by atomic mass is 10.0. The lowest BCUT2D eigenvalue weighted by Gasteiger charge is -2.25. The van der Waals surface area contributed by atoms with Crippen molar-refractivity contribution in [3.05, 3.63) is 29.8 Å². The number of thioether (sulfide) groups is 1. The van der Waals surface area contributed by atoms with Crippen molar-refractivity contribution >= 4 is 47.4 Å². The summed E-state index contributed by atoms with van der Waals surface area (Å²) in [5, 5.41) is 35.5. The summed E-state index contributed by atoms with van der Waals surface area (Å²) in [6.45, 7) is 0.130. The molecule has 16 heteroatoms. The fraction of sp³-hybridized carbons (Fsp3) is 0.500. The average molecular weight is 584 g/mol. The van der Waals surface area contributed by atoms with Gasteiger partial charge in [0, 0.05) is 13.0 Å². The molecule has 3 amide bonds. The number of phenolic OH excluding ortho intramolecular Hbond substituents is 1. The van der Waals surface area contributed by atoms with Gasteiger partial charge in [0.25, 0.3) is 0 Å². The number of hydrogen-bond donors (Lipinski definition) is 9. The number of aliphatic imine (C=N–C) groups is 1. The minimum absolute atomic E-state index is 0.0244. The van der Waals surface area contributed by atoms with Crippen molar-refractivity contribution in [1.82, 2.24) is 16.0 Å². The number of carbonyl (C=O) groups is 5. The average Bonchev–Trinajstić information content (AvgIpc) is 2.88. The van der Waals surface area contributed by atoms with Crippen molar-refractivity contribution in [1.29, 1.82) is 0 Å². The number of amides is 3. The maximum absolute atomic E-state index is 13.2. The molecule has 4 atom stereocenters. The van der Waals surface area contributed by atoms with Crippen LogP contribution in [0.2, 0.25) is 0 Å². The third-order valence-electron chi connectivity index (χ3n) is 5.55. The van der Waals surface area contributed by atoms with Crippen LogP contribution >= 0.6 is 11.8 Å². The molecule has 4 unspecified atom stereocenters. The Morgan fingerprint density at radius 1 is 0.900 bits per heavy atom. The van der Waals surface area contributed by atoms with Crippen LogP contribution in [0.4, 0.5) is 0 Å². The van der Waals surface area contributed by atoms with Crippen LogP contribution in [0.15, 0.2) is 29.3 Å². The third-order valence-corrected chi connectivity index (χ3v) is 6.19. The van der Waals surface area contributed by atoms with Gasteiger partial charge in [0.2, 0.25) is 17.7 Å². The lowest BCUT2D eigenvalue weighted by Crippen LogP contribution is -2.58. The van der Waals surface area contributed by atoms with E-state index in [0.29, 0.717) is 17.7 Å². The standard InChI is InChI=1S/C24H37N7O8S/c1-40-10-8-15(25)20(35)30-18(12-19(33)34)22(37)31-17(11-13-4-6-14(32)7-5-13)21(36)29-16(23(38)39)3-2-9-28-24(26)27/h4-7,15-18,32H,2-3,8-12,25H2,1H3,(H,29,36)(H,30,35)(H,31,37)(H,33,34)(H,38,39)(H4,26,27,28). The number of rotatable bonds is 18. The van der Waals surface area contributed by atoms with E-state index in [9.17, 15) is 39.3 Å². The Morgan fingerprint density at radius 2 is 1.48 bits per heavy atom. The zero-order valence-electron chi connectivity index (χ0n) is 22.0. The van der Waals surface area contributed by atoms with E-state index in [1.54, 1.807) is 0 Å². The summed E-state index contributed by atoms with van der Waals surface area (Å²) < 4.78 is 0. The molecule has 12 N–H and O–H groups in total. The van der Waals surface area contributed by atoms with Gasteiger partial charge in [-0.2, -0.15) is 11.8 Å². The Bertz CT molecular complexity index is 1050. The van der Waals surface area contributed by atoms with Crippen molar-refractivity contribution in [2.75, 3.05) is 18.6 Å². The van der Waals surface area contributed by atoms with Gasteiger partial charge >= 0.3 is 11.9 Å². The smallest absolute Gasteiger partial charge is 0.326 e. The highest BCUT2D eigenvalue weighted by Gasteiger charge is 2.31. The second-order valence-electron chi connectivity index (χ2n) is 8.83. The quantitative estimate of drug-likeness (QED) is 0.0520. The minimum Gasteiger partial charge on any atom is -0.508 e. The summed E-state index contributed by atoms with van der Waals surface area (Å²) >= 11 is 1.46. The molecule has 1 rings (SSSR count). The SMILES string of the molecule is CSCCC(N)C(=O)NC(CC(=O)O)C(=O)NC(Cc1ccc(O)cc1)C(=O)NC(CCCN=C(N)N)C(=O)O. The molecule has 1 aromatic rings. The van der Waals surface area contributed by atoms with Crippen LogP contribution in [0.25, 0.3) is 0 Å². The van der Waals surface area contributed by atoms with E-state index in [0.717, 1.165) is 0 Å². The summed E-state index contributed by atoms with van der Waals surface area (Å²) in [6, 6.07) is 0.455. The minimum atomic E-state index is -1.56. The highest BCUT2D eigenvalue weighted by molar-refractivity contribution is 7.98. The van der Waals surface area contributed by atoms with Gasteiger partial charge in [-0.1, -0.05) is 12.1 Å². The van der Waals surface area contributed by atoms with Gasteiger partial charge in [0.05, 0.1) is 12.5 Å². The number of hydrogen-bond acceptors (Lipinski definition) is 9. The van der Waals surface area contributed by atoms with Gasteiger partial charge in [-0.25, -0.2) is 4.79 Å². The van der Waals surface area contributed by atoms with Gasteiger partial charge < -0.3 is 48.5 Å². The maximum atomic E-state index is 13.2. The van der Waals surface area contributed by atoms with Crippen LogP contribution in [-0.2, 0) is 30.4 Å². The molecule has 15 nitrogen and oxygen atoms in total. The molecule has 0 aliphatic rings. The molecule has 0 heterocycles. The predicted octanol–water partition coefficient (Wildman–Crippen LogP) is -1.92. The second kappa shape index (κ2) is 17.5. The first-order chi connectivity index (χ1) is 18.8. The van der Waals surface area contributed by atoms with E-state index < -0.39 is 60.2 Å². The first kappa shape index (κ1) is 34.0.